The number of aliphatic hydroxyl groups excluding tert-OH is 1. The lowest BCUT2D eigenvalue weighted by Crippen LogP contribution is -2.41. The number of aliphatic hydroxyl groups is 1. The first-order valence-electron chi connectivity index (χ1n) is 7.76. The van der Waals surface area contributed by atoms with Gasteiger partial charge in [0, 0.05) is 18.2 Å². The van der Waals surface area contributed by atoms with Crippen LogP contribution in [0.15, 0.2) is 22.9 Å². The van der Waals surface area contributed by atoms with Crippen molar-refractivity contribution < 1.29 is 9.63 Å². The number of anilines is 1. The zero-order valence-electron chi connectivity index (χ0n) is 13.0. The molecule has 2 atom stereocenters. The van der Waals surface area contributed by atoms with Gasteiger partial charge in [0.15, 0.2) is 5.82 Å². The van der Waals surface area contributed by atoms with Gasteiger partial charge in [0.2, 0.25) is 0 Å². The largest absolute Gasteiger partial charge is 0.392 e. The second kappa shape index (κ2) is 6.04. The van der Waals surface area contributed by atoms with Crippen LogP contribution in [0.5, 0.6) is 0 Å². The van der Waals surface area contributed by atoms with Crippen LogP contribution in [0.2, 0.25) is 0 Å². The second-order valence-electron chi connectivity index (χ2n) is 6.32. The van der Waals surface area contributed by atoms with Crippen molar-refractivity contribution in [1.29, 1.82) is 0 Å². The Hall–Kier alpha value is -1.95. The topological polar surface area (TPSA) is 84.1 Å². The molecule has 0 radical (unpaired) electrons. The van der Waals surface area contributed by atoms with Crippen LogP contribution in [0, 0.1) is 12.3 Å². The van der Waals surface area contributed by atoms with Crippen LogP contribution in [-0.2, 0) is 0 Å². The molecule has 22 heavy (non-hydrogen) atoms. The third-order valence-electron chi connectivity index (χ3n) is 4.51. The van der Waals surface area contributed by atoms with Crippen molar-refractivity contribution in [3.63, 3.8) is 0 Å². The standard InChI is InChI=1S/C16H22N4O2/c1-11-19-15(22-20-11)12-6-5-9-17-14(12)18-10-16(2)8-4-3-7-13(16)21/h5-6,9,13,21H,3-4,7-8,10H2,1-2H3,(H,17,18). The van der Waals surface area contributed by atoms with Gasteiger partial charge < -0.3 is 14.9 Å². The van der Waals surface area contributed by atoms with Gasteiger partial charge in [0.1, 0.15) is 5.82 Å². The van der Waals surface area contributed by atoms with Crippen LogP contribution in [-0.4, -0.2) is 32.9 Å². The smallest absolute Gasteiger partial charge is 0.261 e. The number of hydrogen-bond acceptors (Lipinski definition) is 6. The third kappa shape index (κ3) is 2.97. The Labute approximate surface area is 130 Å². The van der Waals surface area contributed by atoms with Crippen LogP contribution in [0.3, 0.4) is 0 Å². The van der Waals surface area contributed by atoms with Gasteiger partial charge >= 0.3 is 0 Å². The SMILES string of the molecule is Cc1noc(-c2cccnc2NCC2(C)CCCCC2O)n1. The van der Waals surface area contributed by atoms with E-state index in [9.17, 15) is 5.11 Å². The highest BCUT2D eigenvalue weighted by atomic mass is 16.5. The summed E-state index contributed by atoms with van der Waals surface area (Å²) in [5.74, 6) is 1.77. The molecule has 2 unspecified atom stereocenters. The molecule has 0 amide bonds. The Morgan fingerprint density at radius 3 is 3.05 bits per heavy atom. The molecule has 6 heteroatoms. The lowest BCUT2D eigenvalue weighted by atomic mass is 9.73. The van der Waals surface area contributed by atoms with E-state index in [1.165, 1.54) is 0 Å². The van der Waals surface area contributed by atoms with Crippen molar-refractivity contribution in [3.8, 4) is 11.5 Å². The molecule has 2 aromatic rings. The zero-order chi connectivity index (χ0) is 15.6. The highest BCUT2D eigenvalue weighted by molar-refractivity contribution is 5.68. The summed E-state index contributed by atoms with van der Waals surface area (Å²) >= 11 is 0. The van der Waals surface area contributed by atoms with Crippen LogP contribution >= 0.6 is 0 Å². The summed E-state index contributed by atoms with van der Waals surface area (Å²) in [6, 6.07) is 3.75. The Balaban J connectivity index is 1.78. The fraction of sp³-hybridized carbons (Fsp3) is 0.562. The minimum Gasteiger partial charge on any atom is -0.392 e. The lowest BCUT2D eigenvalue weighted by Gasteiger charge is -2.38. The highest BCUT2D eigenvalue weighted by Gasteiger charge is 2.35. The van der Waals surface area contributed by atoms with Gasteiger partial charge in [-0.3, -0.25) is 0 Å². The minimum atomic E-state index is -0.272. The summed E-state index contributed by atoms with van der Waals surface area (Å²) in [4.78, 5) is 8.65. The van der Waals surface area contributed by atoms with Gasteiger partial charge in [0.25, 0.3) is 5.89 Å². The molecule has 0 bridgehead atoms. The fourth-order valence-corrected chi connectivity index (χ4v) is 3.00. The quantitative estimate of drug-likeness (QED) is 0.903. The highest BCUT2D eigenvalue weighted by Crippen LogP contribution is 2.36. The normalized spacial score (nSPS) is 25.1. The van der Waals surface area contributed by atoms with Gasteiger partial charge in [-0.15, -0.1) is 0 Å². The maximum Gasteiger partial charge on any atom is 0.261 e. The average molecular weight is 302 g/mol. The maximum absolute atomic E-state index is 10.3. The van der Waals surface area contributed by atoms with Crippen molar-refractivity contribution in [2.24, 2.45) is 5.41 Å². The maximum atomic E-state index is 10.3. The molecule has 1 aliphatic carbocycles. The molecular formula is C16H22N4O2. The Morgan fingerprint density at radius 1 is 1.45 bits per heavy atom. The molecular weight excluding hydrogens is 280 g/mol. The Bertz CT molecular complexity index is 643. The average Bonchev–Trinajstić information content (AvgIpc) is 2.95. The summed E-state index contributed by atoms with van der Waals surface area (Å²) in [5.41, 5.74) is 0.662. The summed E-state index contributed by atoms with van der Waals surface area (Å²) in [6.07, 6.45) is 5.61. The molecule has 0 saturated heterocycles. The lowest BCUT2D eigenvalue weighted by molar-refractivity contribution is 0.00959. The van der Waals surface area contributed by atoms with Gasteiger partial charge in [-0.2, -0.15) is 4.98 Å². The summed E-state index contributed by atoms with van der Waals surface area (Å²) in [5, 5.41) is 17.5. The van der Waals surface area contributed by atoms with Crippen molar-refractivity contribution in [3.05, 3.63) is 24.2 Å². The molecule has 1 aliphatic rings. The first kappa shape index (κ1) is 15.0. The number of aromatic nitrogens is 3. The van der Waals surface area contributed by atoms with Gasteiger partial charge in [-0.25, -0.2) is 4.98 Å². The molecule has 0 aliphatic heterocycles. The van der Waals surface area contributed by atoms with Crippen LogP contribution in [0.4, 0.5) is 5.82 Å². The van der Waals surface area contributed by atoms with Crippen molar-refractivity contribution >= 4 is 5.82 Å². The van der Waals surface area contributed by atoms with E-state index in [1.54, 1.807) is 13.1 Å². The molecule has 3 rings (SSSR count). The second-order valence-corrected chi connectivity index (χ2v) is 6.32. The van der Waals surface area contributed by atoms with Crippen molar-refractivity contribution in [1.82, 2.24) is 15.1 Å². The summed E-state index contributed by atoms with van der Waals surface area (Å²) < 4.78 is 5.24. The number of hydrogen-bond donors (Lipinski definition) is 2. The number of rotatable bonds is 4. The van der Waals surface area contributed by atoms with E-state index in [2.05, 4.69) is 27.4 Å². The number of pyridine rings is 1. The predicted molar refractivity (Wildman–Crippen MR) is 83.3 cm³/mol. The van der Waals surface area contributed by atoms with E-state index < -0.39 is 0 Å². The molecule has 0 spiro atoms. The Kier molecular flexibility index (Phi) is 4.11. The monoisotopic (exact) mass is 302 g/mol. The number of aryl methyl sites for hydroxylation is 1. The van der Waals surface area contributed by atoms with Gasteiger partial charge in [-0.05, 0) is 31.9 Å². The third-order valence-corrected chi connectivity index (χ3v) is 4.51. The molecule has 2 aromatic heterocycles. The van der Waals surface area contributed by atoms with E-state index in [4.69, 9.17) is 4.52 Å². The van der Waals surface area contributed by atoms with Gasteiger partial charge in [-0.1, -0.05) is 24.9 Å². The molecule has 6 nitrogen and oxygen atoms in total. The molecule has 2 N–H and O–H groups in total. The Morgan fingerprint density at radius 2 is 2.32 bits per heavy atom. The number of nitrogens with zero attached hydrogens (tertiary/aromatic N) is 3. The van der Waals surface area contributed by atoms with E-state index >= 15 is 0 Å². The zero-order valence-corrected chi connectivity index (χ0v) is 13.0. The fourth-order valence-electron chi connectivity index (χ4n) is 3.00. The molecule has 1 fully saturated rings. The summed E-state index contributed by atoms with van der Waals surface area (Å²) in [7, 11) is 0. The van der Waals surface area contributed by atoms with Crippen molar-refractivity contribution in [2.45, 2.75) is 45.6 Å². The van der Waals surface area contributed by atoms with Crippen LogP contribution in [0.25, 0.3) is 11.5 Å². The number of nitrogens with one attached hydrogen (secondary N) is 1. The molecule has 1 saturated carbocycles. The summed E-state index contributed by atoms with van der Waals surface area (Å²) in [6.45, 7) is 4.59. The molecule has 2 heterocycles. The van der Waals surface area contributed by atoms with E-state index in [-0.39, 0.29) is 11.5 Å². The van der Waals surface area contributed by atoms with E-state index in [1.807, 2.05) is 12.1 Å². The predicted octanol–water partition coefficient (Wildman–Crippen LogP) is 2.79. The molecule has 0 aromatic carbocycles. The van der Waals surface area contributed by atoms with Crippen molar-refractivity contribution in [2.75, 3.05) is 11.9 Å². The first-order chi connectivity index (χ1) is 10.6. The molecule has 118 valence electrons. The van der Waals surface area contributed by atoms with Gasteiger partial charge in [0.05, 0.1) is 11.7 Å². The van der Waals surface area contributed by atoms with Crippen LogP contribution < -0.4 is 5.32 Å². The van der Waals surface area contributed by atoms with E-state index in [0.717, 1.165) is 31.2 Å². The minimum absolute atomic E-state index is 0.127. The first-order valence-corrected chi connectivity index (χ1v) is 7.76. The van der Waals surface area contributed by atoms with E-state index in [0.29, 0.717) is 24.1 Å². The van der Waals surface area contributed by atoms with Crippen LogP contribution in [0.1, 0.15) is 38.4 Å².